The second-order valence-corrected chi connectivity index (χ2v) is 5.93. The topological polar surface area (TPSA) is 32.3 Å². The first-order valence-corrected chi connectivity index (χ1v) is 7.43. The number of carbonyl (C=O) groups excluding carboxylic acids is 1. The van der Waals surface area contributed by atoms with E-state index in [9.17, 15) is 4.79 Å². The van der Waals surface area contributed by atoms with Crippen LogP contribution in [-0.2, 0) is 0 Å². The number of likely N-dealkylation sites (N-methyl/N-ethyl adjacent to an activating group) is 1. The Morgan fingerprint density at radius 1 is 1.56 bits per heavy atom. The van der Waals surface area contributed by atoms with Crippen molar-refractivity contribution in [2.24, 2.45) is 0 Å². The molecule has 1 aliphatic heterocycles. The fourth-order valence-electron chi connectivity index (χ4n) is 2.54. The molecule has 0 saturated carbocycles. The molecular weight excluding hydrogens is 339 g/mol. The number of amides is 1. The van der Waals surface area contributed by atoms with Gasteiger partial charge in [0.2, 0.25) is 0 Å². The van der Waals surface area contributed by atoms with Crippen molar-refractivity contribution in [3.63, 3.8) is 0 Å². The Morgan fingerprint density at radius 3 is 3.06 bits per heavy atom. The third kappa shape index (κ3) is 2.69. The maximum absolute atomic E-state index is 12.6. The van der Waals surface area contributed by atoms with Gasteiger partial charge in [-0.25, -0.2) is 0 Å². The summed E-state index contributed by atoms with van der Waals surface area (Å²) >= 11 is 2.29. The number of benzene rings is 1. The number of halogens is 1. The number of nitrogens with zero attached hydrogens (tertiary/aromatic N) is 1. The molecule has 2 rings (SSSR count). The first-order chi connectivity index (χ1) is 8.65. The van der Waals surface area contributed by atoms with Crippen LogP contribution >= 0.6 is 22.6 Å². The Hall–Kier alpha value is -0.620. The maximum atomic E-state index is 12.6. The van der Waals surface area contributed by atoms with Gasteiger partial charge < -0.3 is 10.2 Å². The fourth-order valence-corrected chi connectivity index (χ4v) is 3.04. The summed E-state index contributed by atoms with van der Waals surface area (Å²) < 4.78 is 1.16. The molecule has 0 aromatic heterocycles. The zero-order chi connectivity index (χ0) is 13.1. The lowest BCUT2D eigenvalue weighted by atomic mass is 10.1. The van der Waals surface area contributed by atoms with Crippen LogP contribution in [0.1, 0.15) is 28.8 Å². The molecule has 0 aliphatic carbocycles. The normalized spacial score (nSPS) is 19.3. The van der Waals surface area contributed by atoms with E-state index < -0.39 is 0 Å². The Labute approximate surface area is 122 Å². The third-order valence-corrected chi connectivity index (χ3v) is 4.74. The Morgan fingerprint density at radius 2 is 2.33 bits per heavy atom. The van der Waals surface area contributed by atoms with Crippen LogP contribution in [0.25, 0.3) is 0 Å². The highest BCUT2D eigenvalue weighted by atomic mass is 127. The lowest BCUT2D eigenvalue weighted by Crippen LogP contribution is -2.41. The van der Waals surface area contributed by atoms with E-state index >= 15 is 0 Å². The summed E-state index contributed by atoms with van der Waals surface area (Å²) in [6, 6.07) is 6.29. The van der Waals surface area contributed by atoms with E-state index in [4.69, 9.17) is 0 Å². The number of hydrogen-bond acceptors (Lipinski definition) is 2. The second-order valence-electron chi connectivity index (χ2n) is 4.76. The molecule has 1 atom stereocenters. The maximum Gasteiger partial charge on any atom is 0.254 e. The zero-order valence-corrected chi connectivity index (χ0v) is 13.0. The molecule has 0 bridgehead atoms. The monoisotopic (exact) mass is 358 g/mol. The summed E-state index contributed by atoms with van der Waals surface area (Å²) in [6.07, 6.45) is 2.22. The van der Waals surface area contributed by atoms with Crippen molar-refractivity contribution in [3.05, 3.63) is 32.9 Å². The molecule has 1 aromatic rings. The first-order valence-electron chi connectivity index (χ1n) is 6.36. The minimum Gasteiger partial charge on any atom is -0.334 e. The van der Waals surface area contributed by atoms with Crippen molar-refractivity contribution >= 4 is 28.5 Å². The average molecular weight is 358 g/mol. The molecule has 1 heterocycles. The molecule has 4 heteroatoms. The Bertz CT molecular complexity index is 447. The highest BCUT2D eigenvalue weighted by molar-refractivity contribution is 14.1. The van der Waals surface area contributed by atoms with Crippen LogP contribution in [0.5, 0.6) is 0 Å². The van der Waals surface area contributed by atoms with E-state index in [0.29, 0.717) is 6.04 Å². The van der Waals surface area contributed by atoms with Gasteiger partial charge >= 0.3 is 0 Å². The van der Waals surface area contributed by atoms with Crippen LogP contribution in [0, 0.1) is 10.5 Å². The lowest BCUT2D eigenvalue weighted by Gasteiger charge is -2.25. The molecule has 18 heavy (non-hydrogen) atoms. The van der Waals surface area contributed by atoms with Crippen LogP contribution < -0.4 is 5.32 Å². The van der Waals surface area contributed by atoms with E-state index in [1.165, 1.54) is 0 Å². The summed E-state index contributed by atoms with van der Waals surface area (Å²) in [7, 11) is 1.94. The van der Waals surface area contributed by atoms with Crippen molar-refractivity contribution in [1.82, 2.24) is 10.2 Å². The Kier molecular flexibility index (Phi) is 4.61. The van der Waals surface area contributed by atoms with E-state index in [2.05, 4.69) is 27.9 Å². The predicted octanol–water partition coefficient (Wildman–Crippen LogP) is 2.42. The summed E-state index contributed by atoms with van der Waals surface area (Å²) in [5.74, 6) is 0.184. The number of nitrogens with one attached hydrogen (secondary N) is 1. The summed E-state index contributed by atoms with van der Waals surface area (Å²) in [4.78, 5) is 14.6. The first kappa shape index (κ1) is 13.8. The molecule has 1 unspecified atom stereocenters. The highest BCUT2D eigenvalue weighted by Crippen LogP contribution is 2.23. The smallest absolute Gasteiger partial charge is 0.254 e. The molecule has 1 amide bonds. The Balaban J connectivity index is 2.23. The largest absolute Gasteiger partial charge is 0.334 e. The van der Waals surface area contributed by atoms with Crippen LogP contribution in [0.2, 0.25) is 0 Å². The van der Waals surface area contributed by atoms with E-state index in [1.54, 1.807) is 0 Å². The van der Waals surface area contributed by atoms with Crippen LogP contribution in [0.4, 0.5) is 0 Å². The van der Waals surface area contributed by atoms with Crippen LogP contribution in [0.15, 0.2) is 18.2 Å². The predicted molar refractivity (Wildman–Crippen MR) is 81.9 cm³/mol. The fraction of sp³-hybridized carbons (Fsp3) is 0.500. The quantitative estimate of drug-likeness (QED) is 0.842. The van der Waals surface area contributed by atoms with Crippen molar-refractivity contribution in [2.75, 3.05) is 20.1 Å². The molecule has 1 fully saturated rings. The molecule has 3 nitrogen and oxygen atoms in total. The average Bonchev–Trinajstić information content (AvgIpc) is 2.80. The van der Waals surface area contributed by atoms with Crippen LogP contribution in [-0.4, -0.2) is 37.0 Å². The molecule has 1 aromatic carbocycles. The van der Waals surface area contributed by atoms with Gasteiger partial charge in [0, 0.05) is 28.3 Å². The SMILES string of the molecule is CNCC1CCCN1C(=O)c1cccc(I)c1C. The van der Waals surface area contributed by atoms with Gasteiger partial charge in [0.15, 0.2) is 0 Å². The number of likely N-dealkylation sites (tertiary alicyclic amines) is 1. The van der Waals surface area contributed by atoms with Gasteiger partial charge in [0.05, 0.1) is 0 Å². The van der Waals surface area contributed by atoms with Gasteiger partial charge in [0.1, 0.15) is 0 Å². The second kappa shape index (κ2) is 6.02. The van der Waals surface area contributed by atoms with Gasteiger partial charge in [-0.15, -0.1) is 0 Å². The lowest BCUT2D eigenvalue weighted by molar-refractivity contribution is 0.0736. The number of hydrogen-bond donors (Lipinski definition) is 1. The molecule has 1 aliphatic rings. The molecule has 1 N–H and O–H groups in total. The minimum absolute atomic E-state index is 0.184. The third-order valence-electron chi connectivity index (χ3n) is 3.58. The van der Waals surface area contributed by atoms with Gasteiger partial charge in [-0.05, 0) is 67.1 Å². The molecule has 0 spiro atoms. The number of carbonyl (C=O) groups is 1. The van der Waals surface area contributed by atoms with Crippen LogP contribution in [0.3, 0.4) is 0 Å². The van der Waals surface area contributed by atoms with Crippen molar-refractivity contribution in [2.45, 2.75) is 25.8 Å². The van der Waals surface area contributed by atoms with Gasteiger partial charge in [-0.3, -0.25) is 4.79 Å². The van der Waals surface area contributed by atoms with Gasteiger partial charge in [-0.1, -0.05) is 6.07 Å². The summed E-state index contributed by atoms with van der Waals surface area (Å²) in [5, 5.41) is 3.18. The molecule has 0 radical (unpaired) electrons. The molecule has 98 valence electrons. The van der Waals surface area contributed by atoms with Gasteiger partial charge in [-0.2, -0.15) is 0 Å². The standard InChI is InChI=1S/C14H19IN2O/c1-10-12(6-3-7-13(10)15)14(18)17-8-4-5-11(17)9-16-2/h3,6-7,11,16H,4-5,8-9H2,1-2H3. The van der Waals surface area contributed by atoms with E-state index in [0.717, 1.165) is 40.6 Å². The highest BCUT2D eigenvalue weighted by Gasteiger charge is 2.29. The van der Waals surface area contributed by atoms with E-state index in [-0.39, 0.29) is 5.91 Å². The van der Waals surface area contributed by atoms with Gasteiger partial charge in [0.25, 0.3) is 5.91 Å². The van der Waals surface area contributed by atoms with Crippen molar-refractivity contribution < 1.29 is 4.79 Å². The summed E-state index contributed by atoms with van der Waals surface area (Å²) in [6.45, 7) is 3.79. The molecular formula is C14H19IN2O. The number of rotatable bonds is 3. The zero-order valence-electron chi connectivity index (χ0n) is 10.9. The van der Waals surface area contributed by atoms with Crippen molar-refractivity contribution in [3.8, 4) is 0 Å². The minimum atomic E-state index is 0.184. The van der Waals surface area contributed by atoms with E-state index in [1.807, 2.05) is 37.1 Å². The van der Waals surface area contributed by atoms with Crippen molar-refractivity contribution in [1.29, 1.82) is 0 Å². The molecule has 1 saturated heterocycles. The summed E-state index contributed by atoms with van der Waals surface area (Å²) in [5.41, 5.74) is 1.95.